The van der Waals surface area contributed by atoms with Gasteiger partial charge in [-0.25, -0.2) is 9.97 Å². The van der Waals surface area contributed by atoms with Crippen LogP contribution in [0.25, 0.3) is 0 Å². The molecule has 8 nitrogen and oxygen atoms in total. The van der Waals surface area contributed by atoms with Gasteiger partial charge in [-0.15, -0.1) is 0 Å². The number of carbonyl (C=O) groups excluding carboxylic acids is 1. The summed E-state index contributed by atoms with van der Waals surface area (Å²) in [5.74, 6) is 0.0842. The first-order valence-electron chi connectivity index (χ1n) is 7.88. The van der Waals surface area contributed by atoms with E-state index < -0.39 is 0 Å². The number of nitriles is 1. The minimum Gasteiger partial charge on any atom is -0.368 e. The predicted octanol–water partition coefficient (Wildman–Crippen LogP) is 1.30. The average molecular weight is 325 g/mol. The molecule has 8 heteroatoms. The Labute approximate surface area is 139 Å². The van der Waals surface area contributed by atoms with E-state index in [2.05, 4.69) is 15.1 Å². The molecule has 1 aliphatic heterocycles. The fourth-order valence-electron chi connectivity index (χ4n) is 2.74. The first kappa shape index (κ1) is 15.9. The highest BCUT2D eigenvalue weighted by atomic mass is 16.2. The number of aryl methyl sites for hydroxylation is 1. The summed E-state index contributed by atoms with van der Waals surface area (Å²) in [6.07, 6.45) is 0.767. The van der Waals surface area contributed by atoms with Crippen molar-refractivity contribution in [1.82, 2.24) is 24.6 Å². The molecule has 3 heterocycles. The lowest BCUT2D eigenvalue weighted by Crippen LogP contribution is -2.31. The van der Waals surface area contributed by atoms with E-state index in [0.29, 0.717) is 31.0 Å². The van der Waals surface area contributed by atoms with Crippen molar-refractivity contribution in [3.8, 4) is 6.07 Å². The molecule has 0 spiro atoms. The second kappa shape index (κ2) is 6.28. The van der Waals surface area contributed by atoms with Crippen molar-refractivity contribution in [2.45, 2.75) is 39.3 Å². The summed E-state index contributed by atoms with van der Waals surface area (Å²) >= 11 is 0. The minimum atomic E-state index is -0.181. The molecule has 0 aromatic carbocycles. The molecule has 0 radical (unpaired) electrons. The second-order valence-corrected chi connectivity index (χ2v) is 6.13. The Kier molecular flexibility index (Phi) is 4.16. The number of nitrogens with two attached hydrogens (primary N) is 1. The first-order valence-corrected chi connectivity index (χ1v) is 7.88. The van der Waals surface area contributed by atoms with Crippen LogP contribution in [-0.2, 0) is 13.1 Å². The summed E-state index contributed by atoms with van der Waals surface area (Å²) in [6.45, 7) is 5.66. The van der Waals surface area contributed by atoms with Crippen LogP contribution in [-0.4, -0.2) is 37.1 Å². The third kappa shape index (κ3) is 3.06. The van der Waals surface area contributed by atoms with Crippen LogP contribution >= 0.6 is 0 Å². The van der Waals surface area contributed by atoms with E-state index in [1.165, 1.54) is 0 Å². The molecule has 0 aliphatic carbocycles. The third-order valence-electron chi connectivity index (χ3n) is 3.99. The first-order chi connectivity index (χ1) is 11.5. The number of amides is 1. The molecule has 24 heavy (non-hydrogen) atoms. The average Bonchev–Trinajstić information content (AvgIpc) is 2.84. The van der Waals surface area contributed by atoms with Crippen molar-refractivity contribution < 1.29 is 4.79 Å². The van der Waals surface area contributed by atoms with Crippen LogP contribution < -0.4 is 5.73 Å². The Morgan fingerprint density at radius 1 is 1.33 bits per heavy atom. The Balaban J connectivity index is 1.88. The molecule has 3 rings (SSSR count). The number of fused-ring (bicyclic) bond motifs is 1. The molecule has 1 aliphatic rings. The maximum Gasteiger partial charge on any atom is 0.273 e. The van der Waals surface area contributed by atoms with E-state index in [9.17, 15) is 4.79 Å². The van der Waals surface area contributed by atoms with Gasteiger partial charge in [-0.3, -0.25) is 9.48 Å². The smallest absolute Gasteiger partial charge is 0.273 e. The summed E-state index contributed by atoms with van der Waals surface area (Å²) in [5.41, 5.74) is 8.02. The van der Waals surface area contributed by atoms with E-state index in [4.69, 9.17) is 11.0 Å². The summed E-state index contributed by atoms with van der Waals surface area (Å²) < 4.78 is 1.79. The zero-order chi connectivity index (χ0) is 17.3. The van der Waals surface area contributed by atoms with Crippen LogP contribution in [0.4, 0.5) is 5.95 Å². The van der Waals surface area contributed by atoms with E-state index in [-0.39, 0.29) is 17.8 Å². The van der Waals surface area contributed by atoms with Gasteiger partial charge in [0.05, 0.1) is 12.2 Å². The molecule has 0 unspecified atom stereocenters. The van der Waals surface area contributed by atoms with Gasteiger partial charge in [-0.05, 0) is 24.5 Å². The van der Waals surface area contributed by atoms with Gasteiger partial charge in [0.2, 0.25) is 5.95 Å². The predicted molar refractivity (Wildman–Crippen MR) is 86.8 cm³/mol. The molecule has 2 N–H and O–H groups in total. The number of aromatic nitrogens is 4. The Morgan fingerprint density at radius 3 is 2.83 bits per heavy atom. The number of anilines is 1. The van der Waals surface area contributed by atoms with Crippen molar-refractivity contribution in [3.05, 3.63) is 34.9 Å². The van der Waals surface area contributed by atoms with Crippen molar-refractivity contribution in [1.29, 1.82) is 5.26 Å². The topological polar surface area (TPSA) is 114 Å². The monoisotopic (exact) mass is 325 g/mol. The van der Waals surface area contributed by atoms with Crippen LogP contribution in [0, 0.1) is 11.3 Å². The molecular weight excluding hydrogens is 306 g/mol. The van der Waals surface area contributed by atoms with Crippen molar-refractivity contribution >= 4 is 11.9 Å². The molecule has 0 saturated heterocycles. The van der Waals surface area contributed by atoms with Crippen LogP contribution in [0.15, 0.2) is 12.1 Å². The van der Waals surface area contributed by atoms with Crippen molar-refractivity contribution in [2.75, 3.05) is 12.3 Å². The molecule has 0 saturated carbocycles. The van der Waals surface area contributed by atoms with Gasteiger partial charge in [0.1, 0.15) is 11.8 Å². The highest BCUT2D eigenvalue weighted by molar-refractivity contribution is 5.92. The summed E-state index contributed by atoms with van der Waals surface area (Å²) in [7, 11) is 0. The number of hydrogen-bond donors (Lipinski definition) is 1. The number of nitrogens with zero attached hydrogens (tertiary/aromatic N) is 6. The molecule has 124 valence electrons. The van der Waals surface area contributed by atoms with E-state index in [1.807, 2.05) is 19.9 Å². The van der Waals surface area contributed by atoms with Crippen LogP contribution in [0.5, 0.6) is 0 Å². The maximum absolute atomic E-state index is 12.9. The minimum absolute atomic E-state index is 0.108. The quantitative estimate of drug-likeness (QED) is 0.890. The molecule has 2 aromatic heterocycles. The summed E-state index contributed by atoms with van der Waals surface area (Å²) in [6, 6.07) is 5.46. The molecule has 0 atom stereocenters. The molecule has 2 aromatic rings. The summed E-state index contributed by atoms with van der Waals surface area (Å²) in [4.78, 5) is 22.8. The number of hydrogen-bond acceptors (Lipinski definition) is 6. The normalized spacial score (nSPS) is 14.2. The maximum atomic E-state index is 12.9. The Hall–Kier alpha value is -2.95. The van der Waals surface area contributed by atoms with Crippen LogP contribution in [0.1, 0.15) is 53.8 Å². The van der Waals surface area contributed by atoms with Crippen molar-refractivity contribution in [3.63, 3.8) is 0 Å². The summed E-state index contributed by atoms with van der Waals surface area (Å²) in [5, 5.41) is 13.2. The lowest BCUT2D eigenvalue weighted by Gasteiger charge is -2.20. The van der Waals surface area contributed by atoms with Gasteiger partial charge in [-0.2, -0.15) is 10.4 Å². The molecule has 0 fully saturated rings. The SMILES string of the molecule is CC(C)c1cc(C(=O)N2CCCn3nc(C#N)cc3C2)nc(N)n1. The standard InChI is InChI=1S/C16H19N7O/c1-10(2)13-7-14(20-16(18)19-13)15(24)22-4-3-5-23-12(9-22)6-11(8-17)21-23/h6-7,10H,3-5,9H2,1-2H3,(H2,18,19,20). The second-order valence-electron chi connectivity index (χ2n) is 6.13. The molecule has 1 amide bonds. The Morgan fingerprint density at radius 2 is 2.12 bits per heavy atom. The lowest BCUT2D eigenvalue weighted by atomic mass is 10.1. The largest absolute Gasteiger partial charge is 0.368 e. The van der Waals surface area contributed by atoms with Crippen molar-refractivity contribution in [2.24, 2.45) is 0 Å². The van der Waals surface area contributed by atoms with E-state index >= 15 is 0 Å². The number of nitrogen functional groups attached to an aromatic ring is 1. The van der Waals surface area contributed by atoms with Gasteiger partial charge in [0.25, 0.3) is 5.91 Å². The fourth-order valence-corrected chi connectivity index (χ4v) is 2.74. The number of carbonyl (C=O) groups is 1. The van der Waals surface area contributed by atoms with Gasteiger partial charge in [0, 0.05) is 18.8 Å². The molecular formula is C16H19N7O. The highest BCUT2D eigenvalue weighted by Crippen LogP contribution is 2.18. The van der Waals surface area contributed by atoms with Crippen LogP contribution in [0.3, 0.4) is 0 Å². The van der Waals surface area contributed by atoms with E-state index in [1.54, 1.807) is 21.7 Å². The van der Waals surface area contributed by atoms with E-state index in [0.717, 1.165) is 17.8 Å². The Bertz CT molecular complexity index is 818. The van der Waals surface area contributed by atoms with Crippen LogP contribution in [0.2, 0.25) is 0 Å². The van der Waals surface area contributed by atoms with Gasteiger partial charge >= 0.3 is 0 Å². The lowest BCUT2D eigenvalue weighted by molar-refractivity contribution is 0.0739. The zero-order valence-corrected chi connectivity index (χ0v) is 13.7. The molecule has 0 bridgehead atoms. The number of rotatable bonds is 2. The third-order valence-corrected chi connectivity index (χ3v) is 3.99. The van der Waals surface area contributed by atoms with Gasteiger partial charge in [0.15, 0.2) is 5.69 Å². The highest BCUT2D eigenvalue weighted by Gasteiger charge is 2.23. The fraction of sp³-hybridized carbons (Fsp3) is 0.438. The van der Waals surface area contributed by atoms with Gasteiger partial charge < -0.3 is 10.6 Å². The zero-order valence-electron chi connectivity index (χ0n) is 13.7. The van der Waals surface area contributed by atoms with Gasteiger partial charge in [-0.1, -0.05) is 13.8 Å².